The molecule has 0 saturated carbocycles. The van der Waals surface area contributed by atoms with Crippen LogP contribution in [0.5, 0.6) is 0 Å². The van der Waals surface area contributed by atoms with Crippen LogP contribution in [0.3, 0.4) is 0 Å². The number of aryl methyl sites for hydroxylation is 1. The largest absolute Gasteiger partial charge is 0.334 e. The molecular weight excluding hydrogens is 291 g/mol. The highest BCUT2D eigenvalue weighted by atomic mass is 35.5. The molecule has 1 aliphatic rings. The zero-order valence-corrected chi connectivity index (χ0v) is 12.1. The minimum absolute atomic E-state index is 0.0407. The van der Waals surface area contributed by atoms with Crippen molar-refractivity contribution in [3.8, 4) is 0 Å². The van der Waals surface area contributed by atoms with Crippen LogP contribution in [0.2, 0.25) is 5.15 Å². The van der Waals surface area contributed by atoms with E-state index in [0.29, 0.717) is 13.1 Å². The van der Waals surface area contributed by atoms with Crippen LogP contribution in [-0.4, -0.2) is 22.3 Å². The molecule has 0 atom stereocenters. The number of carbonyl (C=O) groups is 1. The summed E-state index contributed by atoms with van der Waals surface area (Å²) >= 11 is 5.93. The number of amides is 1. The third-order valence-corrected chi connectivity index (χ3v) is 3.98. The molecular formula is C16H14ClFN2O. The van der Waals surface area contributed by atoms with Crippen LogP contribution in [0.25, 0.3) is 0 Å². The highest BCUT2D eigenvalue weighted by molar-refractivity contribution is 6.32. The lowest BCUT2D eigenvalue weighted by molar-refractivity contribution is 0.0745. The number of halogens is 2. The van der Waals surface area contributed by atoms with Gasteiger partial charge in [0.2, 0.25) is 0 Å². The Hall–Kier alpha value is -1.94. The van der Waals surface area contributed by atoms with Crippen molar-refractivity contribution < 1.29 is 9.18 Å². The van der Waals surface area contributed by atoms with Gasteiger partial charge in [0.05, 0.1) is 11.8 Å². The molecule has 5 heteroatoms. The Kier molecular flexibility index (Phi) is 3.88. The first kappa shape index (κ1) is 14.0. The summed E-state index contributed by atoms with van der Waals surface area (Å²) < 4.78 is 13.3. The summed E-state index contributed by atoms with van der Waals surface area (Å²) in [6, 6.07) is 9.22. The van der Waals surface area contributed by atoms with Gasteiger partial charge in [0.15, 0.2) is 0 Å². The van der Waals surface area contributed by atoms with Crippen molar-refractivity contribution in [3.63, 3.8) is 0 Å². The molecule has 1 aliphatic heterocycles. The number of nitrogens with zero attached hydrogens (tertiary/aromatic N) is 2. The maximum Gasteiger partial charge on any atom is 0.257 e. The Morgan fingerprint density at radius 3 is 2.86 bits per heavy atom. The van der Waals surface area contributed by atoms with Gasteiger partial charge in [-0.25, -0.2) is 9.37 Å². The lowest BCUT2D eigenvalue weighted by Gasteiger charge is -2.21. The standard InChI is InChI=1S/C16H14ClFN2O/c17-15-14(8-13(18)9-19-15)16(21)20-7-3-6-11-4-1-2-5-12(11)10-20/h1-2,4-5,8-9H,3,6-7,10H2. The molecule has 0 unspecified atom stereocenters. The number of hydrogen-bond donors (Lipinski definition) is 0. The van der Waals surface area contributed by atoms with Gasteiger partial charge < -0.3 is 4.90 Å². The number of pyridine rings is 1. The quantitative estimate of drug-likeness (QED) is 0.756. The minimum Gasteiger partial charge on any atom is -0.334 e. The first-order valence-electron chi connectivity index (χ1n) is 6.82. The second-order valence-corrected chi connectivity index (χ2v) is 5.45. The molecule has 1 aromatic carbocycles. The molecule has 0 radical (unpaired) electrons. The maximum atomic E-state index is 13.3. The Balaban J connectivity index is 1.90. The Morgan fingerprint density at radius 2 is 2.05 bits per heavy atom. The lowest BCUT2D eigenvalue weighted by Crippen LogP contribution is -2.31. The van der Waals surface area contributed by atoms with Gasteiger partial charge in [0.1, 0.15) is 11.0 Å². The van der Waals surface area contributed by atoms with E-state index in [1.807, 2.05) is 18.2 Å². The van der Waals surface area contributed by atoms with E-state index in [1.54, 1.807) is 4.90 Å². The van der Waals surface area contributed by atoms with E-state index in [4.69, 9.17) is 11.6 Å². The van der Waals surface area contributed by atoms with E-state index in [0.717, 1.165) is 30.7 Å². The van der Waals surface area contributed by atoms with E-state index in [2.05, 4.69) is 11.1 Å². The van der Waals surface area contributed by atoms with Crippen LogP contribution in [0, 0.1) is 5.82 Å². The number of fused-ring (bicyclic) bond motifs is 1. The zero-order valence-electron chi connectivity index (χ0n) is 11.4. The van der Waals surface area contributed by atoms with Crippen molar-refractivity contribution in [1.29, 1.82) is 0 Å². The van der Waals surface area contributed by atoms with Crippen LogP contribution >= 0.6 is 11.6 Å². The number of benzene rings is 1. The van der Waals surface area contributed by atoms with Crippen LogP contribution in [0.15, 0.2) is 36.5 Å². The number of hydrogen-bond acceptors (Lipinski definition) is 2. The van der Waals surface area contributed by atoms with Gasteiger partial charge in [-0.1, -0.05) is 35.9 Å². The molecule has 2 heterocycles. The third-order valence-electron chi connectivity index (χ3n) is 3.68. The van der Waals surface area contributed by atoms with Gasteiger partial charge in [0.25, 0.3) is 5.91 Å². The van der Waals surface area contributed by atoms with Crippen molar-refractivity contribution in [2.45, 2.75) is 19.4 Å². The SMILES string of the molecule is O=C(c1cc(F)cnc1Cl)N1CCCc2ccccc2C1. The van der Waals surface area contributed by atoms with Gasteiger partial charge in [-0.3, -0.25) is 4.79 Å². The molecule has 2 aromatic rings. The highest BCUT2D eigenvalue weighted by Crippen LogP contribution is 2.22. The van der Waals surface area contributed by atoms with E-state index < -0.39 is 5.82 Å². The minimum atomic E-state index is -0.557. The normalized spacial score (nSPS) is 14.5. The molecule has 0 fully saturated rings. The van der Waals surface area contributed by atoms with Crippen LogP contribution < -0.4 is 0 Å². The van der Waals surface area contributed by atoms with Crippen LogP contribution in [-0.2, 0) is 13.0 Å². The van der Waals surface area contributed by atoms with Gasteiger partial charge >= 0.3 is 0 Å². The summed E-state index contributed by atoms with van der Waals surface area (Å²) in [7, 11) is 0. The van der Waals surface area contributed by atoms with Gasteiger partial charge in [-0.05, 0) is 30.0 Å². The molecule has 21 heavy (non-hydrogen) atoms. The molecule has 0 saturated heterocycles. The van der Waals surface area contributed by atoms with Crippen molar-refractivity contribution in [2.24, 2.45) is 0 Å². The molecule has 1 aromatic heterocycles. The first-order valence-corrected chi connectivity index (χ1v) is 7.20. The second kappa shape index (κ2) is 5.82. The second-order valence-electron chi connectivity index (χ2n) is 5.09. The summed E-state index contributed by atoms with van der Waals surface area (Å²) in [5, 5.41) is 0.0407. The summed E-state index contributed by atoms with van der Waals surface area (Å²) in [6.07, 6.45) is 2.83. The average molecular weight is 305 g/mol. The topological polar surface area (TPSA) is 33.2 Å². The fraction of sp³-hybridized carbons (Fsp3) is 0.250. The average Bonchev–Trinajstić information content (AvgIpc) is 2.71. The van der Waals surface area contributed by atoms with Crippen LogP contribution in [0.1, 0.15) is 27.9 Å². The molecule has 3 rings (SSSR count). The Bertz CT molecular complexity index is 690. The van der Waals surface area contributed by atoms with Crippen molar-refractivity contribution in [2.75, 3.05) is 6.54 Å². The van der Waals surface area contributed by atoms with E-state index >= 15 is 0 Å². The lowest BCUT2D eigenvalue weighted by atomic mass is 10.0. The summed E-state index contributed by atoms with van der Waals surface area (Å²) in [5.41, 5.74) is 2.51. The molecule has 0 spiro atoms. The van der Waals surface area contributed by atoms with Crippen molar-refractivity contribution in [1.82, 2.24) is 9.88 Å². The summed E-state index contributed by atoms with van der Waals surface area (Å²) in [6.45, 7) is 1.14. The first-order chi connectivity index (χ1) is 10.1. The van der Waals surface area contributed by atoms with E-state index in [9.17, 15) is 9.18 Å². The predicted octanol–water partition coefficient (Wildman–Crippen LogP) is 3.46. The van der Waals surface area contributed by atoms with Crippen molar-refractivity contribution >= 4 is 17.5 Å². The molecule has 3 nitrogen and oxygen atoms in total. The zero-order chi connectivity index (χ0) is 14.8. The van der Waals surface area contributed by atoms with Crippen molar-refractivity contribution in [3.05, 3.63) is 64.2 Å². The molecule has 108 valence electrons. The number of aromatic nitrogens is 1. The van der Waals surface area contributed by atoms with Crippen LogP contribution in [0.4, 0.5) is 4.39 Å². The monoisotopic (exact) mass is 304 g/mol. The molecule has 0 aliphatic carbocycles. The Labute approximate surface area is 127 Å². The summed E-state index contributed by atoms with van der Waals surface area (Å²) in [5.74, 6) is -0.832. The van der Waals surface area contributed by atoms with Gasteiger partial charge in [-0.15, -0.1) is 0 Å². The van der Waals surface area contributed by atoms with Gasteiger partial charge in [-0.2, -0.15) is 0 Å². The molecule has 0 bridgehead atoms. The molecule has 0 N–H and O–H groups in total. The summed E-state index contributed by atoms with van der Waals surface area (Å²) in [4.78, 5) is 18.0. The smallest absolute Gasteiger partial charge is 0.257 e. The number of rotatable bonds is 1. The predicted molar refractivity (Wildman–Crippen MR) is 78.7 cm³/mol. The maximum absolute atomic E-state index is 13.3. The fourth-order valence-electron chi connectivity index (χ4n) is 2.62. The van der Waals surface area contributed by atoms with E-state index in [-0.39, 0.29) is 16.6 Å². The third kappa shape index (κ3) is 2.90. The van der Waals surface area contributed by atoms with E-state index in [1.165, 1.54) is 5.56 Å². The fourth-order valence-corrected chi connectivity index (χ4v) is 2.80. The Morgan fingerprint density at radius 1 is 1.29 bits per heavy atom. The highest BCUT2D eigenvalue weighted by Gasteiger charge is 2.22. The molecule has 1 amide bonds. The number of carbonyl (C=O) groups excluding carboxylic acids is 1. The van der Waals surface area contributed by atoms with Gasteiger partial charge in [0, 0.05) is 13.1 Å².